The molecule has 0 amide bonds. The van der Waals surface area contributed by atoms with Crippen LogP contribution in [0.3, 0.4) is 0 Å². The standard InChI is InChI=1S/C27H53O6PS/c1-5-8-10-12-14-16-18-20-23-35-25(21-19-17-15-13-11-9-6-2)24(4)32-33-26(28)27(34(29)30)31-22-7-3/h24-25H,5-23H2,1-4H3,(H,29,30). The van der Waals surface area contributed by atoms with Crippen molar-refractivity contribution in [1.82, 2.24) is 0 Å². The summed E-state index contributed by atoms with van der Waals surface area (Å²) in [7, 11) is -2.92. The Labute approximate surface area is 220 Å². The third kappa shape index (κ3) is 20.6. The normalized spacial score (nSPS) is 14.0. The smallest absolute Gasteiger partial charge is 0.442 e. The fourth-order valence-corrected chi connectivity index (χ4v) is 5.55. The van der Waals surface area contributed by atoms with Gasteiger partial charge in [-0.05, 0) is 31.9 Å². The van der Waals surface area contributed by atoms with Crippen LogP contribution in [0.15, 0.2) is 0 Å². The van der Waals surface area contributed by atoms with Crippen molar-refractivity contribution in [1.29, 1.82) is 0 Å². The molecular formula is C27H53O6PS. The van der Waals surface area contributed by atoms with Crippen molar-refractivity contribution in [2.45, 2.75) is 148 Å². The van der Waals surface area contributed by atoms with E-state index in [1.54, 1.807) is 0 Å². The zero-order valence-corrected chi connectivity index (χ0v) is 24.6. The van der Waals surface area contributed by atoms with Crippen LogP contribution in [0.1, 0.15) is 137 Å². The maximum Gasteiger partial charge on any atom is 0.442 e. The molecule has 0 aliphatic rings. The van der Waals surface area contributed by atoms with Gasteiger partial charge in [-0.3, -0.25) is 4.89 Å². The summed E-state index contributed by atoms with van der Waals surface area (Å²) in [5, 5.41) is 0.214. The fourth-order valence-electron chi connectivity index (χ4n) is 3.84. The fraction of sp³-hybridized carbons (Fsp3) is 0.926. The van der Waals surface area contributed by atoms with Gasteiger partial charge in [-0.15, -0.1) is 0 Å². The average molecular weight is 537 g/mol. The van der Waals surface area contributed by atoms with E-state index in [-0.39, 0.29) is 18.0 Å². The molecule has 0 bridgehead atoms. The van der Waals surface area contributed by atoms with Crippen LogP contribution < -0.4 is 4.89 Å². The Morgan fingerprint density at radius 2 is 1.34 bits per heavy atom. The van der Waals surface area contributed by atoms with E-state index in [0.717, 1.165) is 18.6 Å². The maximum atomic E-state index is 12.2. The van der Waals surface area contributed by atoms with Gasteiger partial charge in [0, 0.05) is 5.25 Å². The maximum absolute atomic E-state index is 12.2. The van der Waals surface area contributed by atoms with Gasteiger partial charge in [0.2, 0.25) is 0 Å². The molecule has 0 saturated heterocycles. The molecule has 0 aliphatic carbocycles. The number of unbranched alkanes of at least 4 members (excludes halogenated alkanes) is 13. The largest absolute Gasteiger partial charge is 0.601 e. The van der Waals surface area contributed by atoms with Gasteiger partial charge in [0.25, 0.3) is 8.00 Å². The summed E-state index contributed by atoms with van der Waals surface area (Å²) >= 11 is 1.89. The molecule has 0 rings (SSSR count). The topological polar surface area (TPSA) is 88.1 Å². The first-order chi connectivity index (χ1) is 17.0. The Morgan fingerprint density at radius 3 is 1.86 bits per heavy atom. The summed E-state index contributed by atoms with van der Waals surface area (Å²) < 4.78 is 5.08. The Bertz CT molecular complexity index is 528. The number of carbonyl (C=O) groups is 1. The number of ether oxygens (including phenoxy) is 1. The monoisotopic (exact) mass is 536 g/mol. The van der Waals surface area contributed by atoms with Crippen LogP contribution in [-0.2, 0) is 19.3 Å². The van der Waals surface area contributed by atoms with Crippen molar-refractivity contribution < 1.29 is 29.1 Å². The van der Waals surface area contributed by atoms with E-state index in [1.807, 2.05) is 25.6 Å². The second kappa shape index (κ2) is 25.5. The van der Waals surface area contributed by atoms with Crippen LogP contribution in [0.25, 0.3) is 0 Å². The van der Waals surface area contributed by atoms with E-state index in [1.165, 1.54) is 89.9 Å². The number of rotatable bonds is 25. The molecule has 0 aromatic heterocycles. The van der Waals surface area contributed by atoms with Gasteiger partial charge in [-0.1, -0.05) is 111 Å². The zero-order valence-electron chi connectivity index (χ0n) is 22.9. The molecule has 0 spiro atoms. The van der Waals surface area contributed by atoms with Crippen molar-refractivity contribution in [3.8, 4) is 0 Å². The molecule has 0 aromatic carbocycles. The van der Waals surface area contributed by atoms with Crippen molar-refractivity contribution in [3.05, 3.63) is 0 Å². The molecule has 8 heteroatoms. The molecule has 1 N–H and O–H groups in total. The highest BCUT2D eigenvalue weighted by Crippen LogP contribution is 2.26. The van der Waals surface area contributed by atoms with Gasteiger partial charge in [0.05, 0.1) is 6.61 Å². The number of thioether (sulfide) groups is 1. The second-order valence-electron chi connectivity index (χ2n) is 9.39. The van der Waals surface area contributed by atoms with E-state index in [4.69, 9.17) is 14.5 Å². The van der Waals surface area contributed by atoms with Crippen LogP contribution in [0.5, 0.6) is 0 Å². The van der Waals surface area contributed by atoms with E-state index in [2.05, 4.69) is 13.8 Å². The average Bonchev–Trinajstić information content (AvgIpc) is 2.84. The highest BCUT2D eigenvalue weighted by Gasteiger charge is 2.27. The van der Waals surface area contributed by atoms with Crippen molar-refractivity contribution in [2.75, 3.05) is 12.4 Å². The third-order valence-corrected chi connectivity index (χ3v) is 8.24. The van der Waals surface area contributed by atoms with E-state index >= 15 is 0 Å². The van der Waals surface area contributed by atoms with Crippen LogP contribution in [0.4, 0.5) is 0 Å². The molecule has 35 heavy (non-hydrogen) atoms. The van der Waals surface area contributed by atoms with Crippen molar-refractivity contribution in [3.63, 3.8) is 0 Å². The van der Waals surface area contributed by atoms with Gasteiger partial charge in [-0.25, -0.2) is 4.79 Å². The van der Waals surface area contributed by atoms with Gasteiger partial charge >= 0.3 is 11.4 Å². The molecule has 0 saturated carbocycles. The SMILES string of the molecule is CCCCCCCCCCSC(CCCCCCCCC)C(C)OOC(=O)C(OCCC)=[P+]([O-])O. The summed E-state index contributed by atoms with van der Waals surface area (Å²) in [5.41, 5.74) is -0.579. The van der Waals surface area contributed by atoms with Crippen LogP contribution in [-0.4, -0.2) is 40.1 Å². The van der Waals surface area contributed by atoms with E-state index in [9.17, 15) is 14.6 Å². The molecule has 0 heterocycles. The summed E-state index contributed by atoms with van der Waals surface area (Å²) in [4.78, 5) is 43.2. The minimum atomic E-state index is -2.92. The van der Waals surface area contributed by atoms with Gasteiger partial charge < -0.3 is 9.63 Å². The third-order valence-electron chi connectivity index (χ3n) is 6.01. The van der Waals surface area contributed by atoms with Crippen molar-refractivity contribution in [2.24, 2.45) is 0 Å². The first-order valence-corrected chi connectivity index (χ1v) is 16.4. The Morgan fingerprint density at radius 1 is 0.829 bits per heavy atom. The summed E-state index contributed by atoms with van der Waals surface area (Å²) in [6.07, 6.45) is 20.5. The number of hydrogen-bond donors (Lipinski definition) is 1. The highest BCUT2D eigenvalue weighted by atomic mass is 32.2. The molecular weight excluding hydrogens is 483 g/mol. The lowest BCUT2D eigenvalue weighted by atomic mass is 10.1. The summed E-state index contributed by atoms with van der Waals surface area (Å²) in [6.45, 7) is 8.42. The molecule has 3 unspecified atom stereocenters. The highest BCUT2D eigenvalue weighted by molar-refractivity contribution is 7.99. The molecule has 0 aromatic rings. The van der Waals surface area contributed by atoms with E-state index < -0.39 is 19.4 Å². The van der Waals surface area contributed by atoms with Gasteiger partial charge in [-0.2, -0.15) is 21.5 Å². The molecule has 3 atom stereocenters. The lowest BCUT2D eigenvalue weighted by molar-refractivity contribution is -0.289. The van der Waals surface area contributed by atoms with E-state index in [0.29, 0.717) is 6.42 Å². The number of carbonyl (C=O) groups excluding carboxylic acids is 1. The Balaban J connectivity index is 4.51. The zero-order chi connectivity index (χ0) is 26.2. The number of hydrogen-bond acceptors (Lipinski definition) is 7. The van der Waals surface area contributed by atoms with Crippen LogP contribution in [0, 0.1) is 0 Å². The summed E-state index contributed by atoms with van der Waals surface area (Å²) in [5.74, 6) is 0.0497. The predicted octanol–water partition coefficient (Wildman–Crippen LogP) is 7.45. The van der Waals surface area contributed by atoms with Gasteiger partial charge in [0.15, 0.2) is 0 Å². The quantitative estimate of drug-likeness (QED) is 0.0561. The molecule has 0 fully saturated rings. The first kappa shape index (κ1) is 34.8. The minimum absolute atomic E-state index is 0.178. The van der Waals surface area contributed by atoms with Crippen LogP contribution in [0.2, 0.25) is 0 Å². The molecule has 0 aliphatic heterocycles. The predicted molar refractivity (Wildman–Crippen MR) is 148 cm³/mol. The molecule has 208 valence electrons. The Kier molecular flexibility index (Phi) is 25.4. The van der Waals surface area contributed by atoms with Gasteiger partial charge in [0.1, 0.15) is 6.10 Å². The Hall–Kier alpha value is -0.170. The first-order valence-electron chi connectivity index (χ1n) is 14.1. The van der Waals surface area contributed by atoms with Crippen molar-refractivity contribution >= 4 is 31.2 Å². The van der Waals surface area contributed by atoms with Crippen LogP contribution >= 0.6 is 19.8 Å². The summed E-state index contributed by atoms with van der Waals surface area (Å²) in [6, 6.07) is 0. The lowest BCUT2D eigenvalue weighted by Gasteiger charge is -2.22. The minimum Gasteiger partial charge on any atom is -0.601 e. The molecule has 0 radical (unpaired) electrons. The lowest BCUT2D eigenvalue weighted by Crippen LogP contribution is -2.29. The molecule has 6 nitrogen and oxygen atoms in total. The second-order valence-corrected chi connectivity index (χ2v) is 11.7.